The first-order valence-electron chi connectivity index (χ1n) is 10.4. The molecular formula is C20H34N4O4. The maximum absolute atomic E-state index is 13.1. The van der Waals surface area contributed by atoms with Crippen LogP contribution in [-0.2, 0) is 14.3 Å². The zero-order valence-corrected chi connectivity index (χ0v) is 17.4. The molecule has 8 nitrogen and oxygen atoms in total. The van der Waals surface area contributed by atoms with Gasteiger partial charge in [-0.15, -0.1) is 0 Å². The third-order valence-electron chi connectivity index (χ3n) is 5.08. The zero-order chi connectivity index (χ0) is 20.4. The van der Waals surface area contributed by atoms with Gasteiger partial charge in [0.05, 0.1) is 19.8 Å². The molecule has 0 spiro atoms. The number of carbonyl (C=O) groups is 2. The highest BCUT2D eigenvalue weighted by atomic mass is 16.5. The fraction of sp³-hybridized carbons (Fsp3) is 0.750. The maximum Gasteiger partial charge on any atom is 0.245 e. The first-order chi connectivity index (χ1) is 13.5. The number of morpholine rings is 1. The summed E-state index contributed by atoms with van der Waals surface area (Å²) >= 11 is 0. The van der Waals surface area contributed by atoms with Crippen LogP contribution >= 0.6 is 0 Å². The molecule has 2 amide bonds. The number of amides is 2. The molecule has 2 rings (SSSR count). The van der Waals surface area contributed by atoms with Gasteiger partial charge in [-0.3, -0.25) is 14.5 Å². The van der Waals surface area contributed by atoms with E-state index in [0.29, 0.717) is 31.3 Å². The fourth-order valence-electron chi connectivity index (χ4n) is 3.35. The number of carbonyl (C=O) groups excluding carboxylic acids is 2. The second-order valence-corrected chi connectivity index (χ2v) is 7.33. The molecule has 0 aliphatic carbocycles. The van der Waals surface area contributed by atoms with Crippen molar-refractivity contribution in [2.45, 2.75) is 46.5 Å². The molecular weight excluding hydrogens is 360 g/mol. The highest BCUT2D eigenvalue weighted by molar-refractivity contribution is 5.94. The van der Waals surface area contributed by atoms with Crippen molar-refractivity contribution in [2.75, 3.05) is 51.3 Å². The Balaban J connectivity index is 1.98. The summed E-state index contributed by atoms with van der Waals surface area (Å²) in [4.78, 5) is 29.6. The quantitative estimate of drug-likeness (QED) is 0.620. The second-order valence-electron chi connectivity index (χ2n) is 7.33. The van der Waals surface area contributed by atoms with Crippen LogP contribution in [0.5, 0.6) is 0 Å². The van der Waals surface area contributed by atoms with Gasteiger partial charge < -0.3 is 19.5 Å². The number of hydrogen-bond acceptors (Lipinski definition) is 6. The number of nitrogens with one attached hydrogen (secondary N) is 1. The second kappa shape index (κ2) is 11.8. The van der Waals surface area contributed by atoms with Gasteiger partial charge >= 0.3 is 0 Å². The molecule has 1 atom stereocenters. The van der Waals surface area contributed by atoms with Crippen molar-refractivity contribution in [3.05, 3.63) is 11.8 Å². The van der Waals surface area contributed by atoms with E-state index in [1.54, 1.807) is 17.9 Å². The van der Waals surface area contributed by atoms with Crippen LogP contribution in [0.25, 0.3) is 0 Å². The molecule has 1 fully saturated rings. The first kappa shape index (κ1) is 22.4. The zero-order valence-electron chi connectivity index (χ0n) is 17.4. The molecule has 0 bridgehead atoms. The minimum atomic E-state index is -0.256. The lowest BCUT2D eigenvalue weighted by Crippen LogP contribution is -2.47. The lowest BCUT2D eigenvalue weighted by atomic mass is 9.97. The third-order valence-corrected chi connectivity index (χ3v) is 5.08. The molecule has 1 aliphatic rings. The average Bonchev–Trinajstić information content (AvgIpc) is 3.10. The summed E-state index contributed by atoms with van der Waals surface area (Å²) in [5.74, 6) is 0.777. The normalized spacial score (nSPS) is 16.0. The smallest absolute Gasteiger partial charge is 0.245 e. The highest BCUT2D eigenvalue weighted by Crippen LogP contribution is 2.16. The summed E-state index contributed by atoms with van der Waals surface area (Å²) in [7, 11) is 0. The van der Waals surface area contributed by atoms with Crippen molar-refractivity contribution >= 4 is 17.6 Å². The summed E-state index contributed by atoms with van der Waals surface area (Å²) in [6.07, 6.45) is 3.73. The minimum absolute atomic E-state index is 0.0255. The minimum Gasteiger partial charge on any atom is -0.379 e. The number of aromatic nitrogens is 1. The number of unbranched alkanes of at least 4 members (excludes halogenated alkanes) is 1. The van der Waals surface area contributed by atoms with Crippen molar-refractivity contribution in [1.82, 2.24) is 15.0 Å². The predicted octanol–water partition coefficient (Wildman–Crippen LogP) is 2.30. The number of ether oxygens (including phenoxy) is 1. The molecule has 1 aromatic rings. The molecule has 0 saturated carbocycles. The Morgan fingerprint density at radius 2 is 2.07 bits per heavy atom. The summed E-state index contributed by atoms with van der Waals surface area (Å²) in [5, 5.41) is 6.50. The molecule has 158 valence electrons. The van der Waals surface area contributed by atoms with Gasteiger partial charge in [0.2, 0.25) is 11.8 Å². The van der Waals surface area contributed by atoms with E-state index in [4.69, 9.17) is 9.26 Å². The largest absolute Gasteiger partial charge is 0.379 e. The predicted molar refractivity (Wildman–Crippen MR) is 107 cm³/mol. The third kappa shape index (κ3) is 7.24. The summed E-state index contributed by atoms with van der Waals surface area (Å²) in [6.45, 7) is 10.4. The molecule has 1 N–H and O–H groups in total. The topological polar surface area (TPSA) is 87.9 Å². The van der Waals surface area contributed by atoms with Crippen LogP contribution < -0.4 is 5.32 Å². The summed E-state index contributed by atoms with van der Waals surface area (Å²) < 4.78 is 10.4. The van der Waals surface area contributed by atoms with Crippen LogP contribution in [0.2, 0.25) is 0 Å². The summed E-state index contributed by atoms with van der Waals surface area (Å²) in [6, 6.07) is 1.66. The lowest BCUT2D eigenvalue weighted by molar-refractivity contribution is -0.139. The Kier molecular flexibility index (Phi) is 9.43. The molecule has 0 aromatic carbocycles. The molecule has 1 saturated heterocycles. The molecule has 8 heteroatoms. The number of hydrogen-bond donors (Lipinski definition) is 1. The van der Waals surface area contributed by atoms with E-state index < -0.39 is 0 Å². The standard InChI is InChI=1S/C20H34N4O4/c1-4-6-7-17(5-2)20(26)24(9-8-23-10-12-27-13-11-23)15-19(25)21-18-14-16(3)28-22-18/h14,17H,4-13,15H2,1-3H3,(H,21,22,25)/t17-/m0/s1. The van der Waals surface area contributed by atoms with E-state index in [1.807, 2.05) is 6.92 Å². The molecule has 0 unspecified atom stereocenters. The van der Waals surface area contributed by atoms with Crippen LogP contribution in [0.3, 0.4) is 0 Å². The van der Waals surface area contributed by atoms with Gasteiger partial charge in [0.1, 0.15) is 5.76 Å². The van der Waals surface area contributed by atoms with Crippen LogP contribution in [-0.4, -0.2) is 72.7 Å². The van der Waals surface area contributed by atoms with Crippen LogP contribution in [0.15, 0.2) is 10.6 Å². The Labute approximate surface area is 167 Å². The van der Waals surface area contributed by atoms with E-state index in [-0.39, 0.29) is 24.3 Å². The molecule has 2 heterocycles. The Bertz CT molecular complexity index is 613. The fourth-order valence-corrected chi connectivity index (χ4v) is 3.35. The van der Waals surface area contributed by atoms with E-state index in [0.717, 1.165) is 45.3 Å². The number of anilines is 1. The maximum atomic E-state index is 13.1. The average molecular weight is 395 g/mol. The van der Waals surface area contributed by atoms with Gasteiger partial charge in [-0.05, 0) is 19.8 Å². The lowest BCUT2D eigenvalue weighted by Gasteiger charge is -2.31. The number of rotatable bonds is 11. The van der Waals surface area contributed by atoms with Crippen molar-refractivity contribution in [1.29, 1.82) is 0 Å². The van der Waals surface area contributed by atoms with E-state index >= 15 is 0 Å². The number of aryl methyl sites for hydroxylation is 1. The Morgan fingerprint density at radius 3 is 2.68 bits per heavy atom. The Hall–Kier alpha value is -1.93. The van der Waals surface area contributed by atoms with Gasteiger partial charge in [-0.1, -0.05) is 31.8 Å². The van der Waals surface area contributed by atoms with Crippen LogP contribution in [0.4, 0.5) is 5.82 Å². The molecule has 1 aliphatic heterocycles. The van der Waals surface area contributed by atoms with Gasteiger partial charge in [0.15, 0.2) is 5.82 Å². The van der Waals surface area contributed by atoms with Gasteiger partial charge in [0.25, 0.3) is 0 Å². The monoisotopic (exact) mass is 394 g/mol. The Morgan fingerprint density at radius 1 is 1.32 bits per heavy atom. The van der Waals surface area contributed by atoms with Gasteiger partial charge in [0, 0.05) is 38.2 Å². The van der Waals surface area contributed by atoms with Crippen molar-refractivity contribution in [3.8, 4) is 0 Å². The highest BCUT2D eigenvalue weighted by Gasteiger charge is 2.25. The van der Waals surface area contributed by atoms with E-state index in [2.05, 4.69) is 22.3 Å². The first-order valence-corrected chi connectivity index (χ1v) is 10.4. The molecule has 28 heavy (non-hydrogen) atoms. The number of nitrogens with zero attached hydrogens (tertiary/aromatic N) is 3. The van der Waals surface area contributed by atoms with Crippen molar-refractivity contribution < 1.29 is 18.8 Å². The summed E-state index contributed by atoms with van der Waals surface area (Å²) in [5.41, 5.74) is 0. The molecule has 0 radical (unpaired) electrons. The van der Waals surface area contributed by atoms with E-state index in [1.165, 1.54) is 0 Å². The van der Waals surface area contributed by atoms with Gasteiger partial charge in [-0.2, -0.15) is 0 Å². The van der Waals surface area contributed by atoms with Crippen molar-refractivity contribution in [2.24, 2.45) is 5.92 Å². The van der Waals surface area contributed by atoms with Crippen LogP contribution in [0, 0.1) is 12.8 Å². The SMILES string of the molecule is CCCC[C@H](CC)C(=O)N(CCN1CCOCC1)CC(=O)Nc1cc(C)on1. The van der Waals surface area contributed by atoms with Crippen molar-refractivity contribution in [3.63, 3.8) is 0 Å². The van der Waals surface area contributed by atoms with Gasteiger partial charge in [-0.25, -0.2) is 0 Å². The van der Waals surface area contributed by atoms with E-state index in [9.17, 15) is 9.59 Å². The van der Waals surface area contributed by atoms with Crippen LogP contribution in [0.1, 0.15) is 45.3 Å². The molecule has 1 aromatic heterocycles.